The molecule has 1 amide bonds. The van der Waals surface area contributed by atoms with E-state index in [0.29, 0.717) is 17.4 Å². The fourth-order valence-electron chi connectivity index (χ4n) is 7.69. The normalized spacial score (nSPS) is 14.2. The van der Waals surface area contributed by atoms with Gasteiger partial charge in [-0.1, -0.05) is 238 Å². The average molecular weight is 858 g/mol. The molecule has 0 aliphatic carbocycles. The number of quaternary nitrogens is 1. The molecule has 3 N–H and O–H groups in total. The first-order chi connectivity index (χ1) is 28.5. The Morgan fingerprint density at radius 2 is 0.898 bits per heavy atom. The fourth-order valence-corrected chi connectivity index (χ4v) is 8.43. The Hall–Kier alpha value is -0.760. The Balaban J connectivity index is 3.99. The highest BCUT2D eigenvalue weighted by Gasteiger charge is 2.27. The summed E-state index contributed by atoms with van der Waals surface area (Å²) in [5.74, 6) is -0.174. The van der Waals surface area contributed by atoms with Crippen LogP contribution in [0.3, 0.4) is 0 Å². The lowest BCUT2D eigenvalue weighted by Gasteiger charge is -2.25. The Morgan fingerprint density at radius 1 is 0.559 bits per heavy atom. The first-order valence-electron chi connectivity index (χ1n) is 25.6. The number of aliphatic hydroxyl groups is 1. The molecule has 0 rings (SSSR count). The zero-order chi connectivity index (χ0) is 43.6. The van der Waals surface area contributed by atoms with Crippen molar-refractivity contribution in [2.45, 2.75) is 264 Å². The monoisotopic (exact) mass is 858 g/mol. The van der Waals surface area contributed by atoms with Gasteiger partial charge in [0.2, 0.25) is 5.91 Å². The molecule has 0 aliphatic rings. The van der Waals surface area contributed by atoms with E-state index < -0.39 is 20.0 Å². The highest BCUT2D eigenvalue weighted by molar-refractivity contribution is 7.47. The summed E-state index contributed by atoms with van der Waals surface area (Å²) in [4.78, 5) is 23.1. The zero-order valence-corrected chi connectivity index (χ0v) is 40.9. The molecule has 0 saturated carbocycles. The molecular formula is C50H102N2O6P+. The van der Waals surface area contributed by atoms with Crippen molar-refractivity contribution in [3.63, 3.8) is 0 Å². The second-order valence-corrected chi connectivity index (χ2v) is 20.4. The van der Waals surface area contributed by atoms with Crippen LogP contribution < -0.4 is 5.32 Å². The van der Waals surface area contributed by atoms with Gasteiger partial charge in [0.05, 0.1) is 39.9 Å². The van der Waals surface area contributed by atoms with Crippen LogP contribution in [0.5, 0.6) is 0 Å². The minimum absolute atomic E-state index is 0.0643. The van der Waals surface area contributed by atoms with Gasteiger partial charge in [-0.2, -0.15) is 0 Å². The van der Waals surface area contributed by atoms with Gasteiger partial charge in [0.25, 0.3) is 0 Å². The molecule has 3 unspecified atom stereocenters. The van der Waals surface area contributed by atoms with Gasteiger partial charge in [-0.15, -0.1) is 0 Å². The number of likely N-dealkylation sites (N-methyl/N-ethyl adjacent to an activating group) is 1. The maximum atomic E-state index is 12.9. The average Bonchev–Trinajstić information content (AvgIpc) is 3.19. The number of amides is 1. The number of phosphoric acid groups is 1. The Bertz CT molecular complexity index is 974. The van der Waals surface area contributed by atoms with E-state index in [1.165, 1.54) is 193 Å². The van der Waals surface area contributed by atoms with E-state index in [9.17, 15) is 19.4 Å². The smallest absolute Gasteiger partial charge is 0.387 e. The second-order valence-electron chi connectivity index (χ2n) is 18.9. The van der Waals surface area contributed by atoms with Crippen molar-refractivity contribution in [3.05, 3.63) is 12.2 Å². The summed E-state index contributed by atoms with van der Waals surface area (Å²) in [6.45, 7) is 4.81. The number of hydrogen-bond donors (Lipinski definition) is 3. The van der Waals surface area contributed by atoms with Gasteiger partial charge >= 0.3 is 7.82 Å². The predicted octanol–water partition coefficient (Wildman–Crippen LogP) is 14.7. The summed E-state index contributed by atoms with van der Waals surface area (Å²) < 4.78 is 23.5. The molecule has 0 radical (unpaired) electrons. The number of hydrogen-bond acceptors (Lipinski definition) is 5. The van der Waals surface area contributed by atoms with E-state index in [-0.39, 0.29) is 19.1 Å². The number of allylic oxidation sites excluding steroid dienone is 1. The van der Waals surface area contributed by atoms with Crippen LogP contribution in [0.25, 0.3) is 0 Å². The molecular weight excluding hydrogens is 756 g/mol. The predicted molar refractivity (Wildman–Crippen MR) is 254 cm³/mol. The molecule has 0 saturated heterocycles. The minimum atomic E-state index is -4.33. The minimum Gasteiger partial charge on any atom is -0.387 e. The lowest BCUT2D eigenvalue weighted by molar-refractivity contribution is -0.870. The molecule has 3 atom stereocenters. The highest BCUT2D eigenvalue weighted by atomic mass is 31.2. The molecule has 0 heterocycles. The van der Waals surface area contributed by atoms with Gasteiger partial charge in [-0.05, 0) is 19.3 Å². The van der Waals surface area contributed by atoms with Gasteiger partial charge in [-0.3, -0.25) is 13.8 Å². The molecule has 0 aromatic heterocycles. The standard InChI is InChI=1S/C50H101N2O6P/c1-6-8-10-12-14-16-17-18-19-20-21-22-23-24-25-26-27-28-29-30-31-32-33-34-36-38-40-42-44-50(54)51-48(47-58-59(55,56)57-46-45-52(3,4)5)49(53)43-41-39-37-35-15-13-11-9-7-2/h41,43,48-49,53H,6-40,42,44-47H2,1-5H3,(H-,51,54,55,56)/p+1/b43-41+. The van der Waals surface area contributed by atoms with Crippen LogP contribution >= 0.6 is 7.82 Å². The summed E-state index contributed by atoms with van der Waals surface area (Å²) in [6, 6.07) is -0.839. The van der Waals surface area contributed by atoms with Crippen molar-refractivity contribution in [1.29, 1.82) is 0 Å². The summed E-state index contributed by atoms with van der Waals surface area (Å²) in [5, 5.41) is 13.8. The lowest BCUT2D eigenvalue weighted by Crippen LogP contribution is -2.45. The first-order valence-corrected chi connectivity index (χ1v) is 27.1. The van der Waals surface area contributed by atoms with Gasteiger partial charge < -0.3 is 19.8 Å². The van der Waals surface area contributed by atoms with Gasteiger partial charge in [0.15, 0.2) is 0 Å². The van der Waals surface area contributed by atoms with Crippen LogP contribution in [-0.2, 0) is 18.4 Å². The Morgan fingerprint density at radius 3 is 1.25 bits per heavy atom. The third-order valence-corrected chi connectivity index (χ3v) is 12.7. The number of phosphoric ester groups is 1. The van der Waals surface area contributed by atoms with Crippen LogP contribution in [0.1, 0.15) is 251 Å². The first kappa shape index (κ1) is 58.2. The van der Waals surface area contributed by atoms with E-state index in [1.807, 2.05) is 27.2 Å². The number of unbranched alkanes of at least 4 members (excludes halogenated alkanes) is 34. The molecule has 352 valence electrons. The van der Waals surface area contributed by atoms with Crippen molar-refractivity contribution >= 4 is 13.7 Å². The maximum Gasteiger partial charge on any atom is 0.472 e. The van der Waals surface area contributed by atoms with Crippen LogP contribution in [-0.4, -0.2) is 73.4 Å². The summed E-state index contributed by atoms with van der Waals surface area (Å²) in [6.07, 6.45) is 50.3. The summed E-state index contributed by atoms with van der Waals surface area (Å²) >= 11 is 0. The summed E-state index contributed by atoms with van der Waals surface area (Å²) in [5.41, 5.74) is 0. The number of nitrogens with zero attached hydrogens (tertiary/aromatic N) is 1. The number of aliphatic hydroxyl groups excluding tert-OH is 1. The third-order valence-electron chi connectivity index (χ3n) is 11.8. The maximum absolute atomic E-state index is 12.9. The zero-order valence-electron chi connectivity index (χ0n) is 40.0. The van der Waals surface area contributed by atoms with E-state index >= 15 is 0 Å². The summed E-state index contributed by atoms with van der Waals surface area (Å²) in [7, 11) is 1.58. The topological polar surface area (TPSA) is 105 Å². The van der Waals surface area contributed by atoms with Crippen LogP contribution in [0, 0.1) is 0 Å². The molecule has 0 fully saturated rings. The molecule has 0 aliphatic heterocycles. The van der Waals surface area contributed by atoms with E-state index in [0.717, 1.165) is 38.5 Å². The third kappa shape index (κ3) is 45.1. The largest absolute Gasteiger partial charge is 0.472 e. The van der Waals surface area contributed by atoms with Crippen LogP contribution in [0.4, 0.5) is 0 Å². The van der Waals surface area contributed by atoms with Crippen molar-refractivity contribution in [1.82, 2.24) is 5.32 Å². The van der Waals surface area contributed by atoms with Gasteiger partial charge in [-0.25, -0.2) is 4.57 Å². The second kappa shape index (κ2) is 42.5. The van der Waals surface area contributed by atoms with Crippen LogP contribution in [0.15, 0.2) is 12.2 Å². The molecule has 9 heteroatoms. The SMILES string of the molecule is CCCCCCCCC/C=C/C(O)C(COP(=O)(O)OCC[N+](C)(C)C)NC(=O)CCCCCCCCCCCCCCCCCCCCCCCCCCCCCC. The molecule has 59 heavy (non-hydrogen) atoms. The van der Waals surface area contributed by atoms with Crippen molar-refractivity contribution in [2.24, 2.45) is 0 Å². The number of carbonyl (C=O) groups is 1. The van der Waals surface area contributed by atoms with Crippen molar-refractivity contribution in [3.8, 4) is 0 Å². The quantitative estimate of drug-likeness (QED) is 0.0244. The fraction of sp³-hybridized carbons (Fsp3) is 0.940. The van der Waals surface area contributed by atoms with E-state index in [1.54, 1.807) is 6.08 Å². The Kier molecular flexibility index (Phi) is 42.0. The number of carbonyl (C=O) groups excluding carboxylic acids is 1. The molecule has 0 spiro atoms. The van der Waals surface area contributed by atoms with Crippen molar-refractivity contribution in [2.75, 3.05) is 40.9 Å². The molecule has 0 aromatic carbocycles. The highest BCUT2D eigenvalue weighted by Crippen LogP contribution is 2.43. The van der Waals surface area contributed by atoms with E-state index in [2.05, 4.69) is 19.2 Å². The van der Waals surface area contributed by atoms with Gasteiger partial charge in [0, 0.05) is 6.42 Å². The van der Waals surface area contributed by atoms with Crippen molar-refractivity contribution < 1.29 is 32.9 Å². The number of nitrogens with one attached hydrogen (secondary N) is 1. The molecule has 8 nitrogen and oxygen atoms in total. The number of rotatable bonds is 47. The van der Waals surface area contributed by atoms with E-state index in [4.69, 9.17) is 9.05 Å². The molecule has 0 aromatic rings. The van der Waals surface area contributed by atoms with Gasteiger partial charge in [0.1, 0.15) is 13.2 Å². The Labute approximate surface area is 367 Å². The lowest BCUT2D eigenvalue weighted by atomic mass is 10.0. The molecule has 0 bridgehead atoms. The van der Waals surface area contributed by atoms with Crippen LogP contribution in [0.2, 0.25) is 0 Å².